The lowest BCUT2D eigenvalue weighted by Gasteiger charge is -2.35. The van der Waals surface area contributed by atoms with Gasteiger partial charge in [-0.25, -0.2) is 13.6 Å². The molecular formula is C9H15F2N3O2. The molecule has 0 aromatic heterocycles. The first-order chi connectivity index (χ1) is 7.50. The second-order valence-electron chi connectivity index (χ2n) is 4.16. The van der Waals surface area contributed by atoms with E-state index in [4.69, 9.17) is 10.5 Å². The van der Waals surface area contributed by atoms with Crippen LogP contribution >= 0.6 is 0 Å². The number of nitrogens with two attached hydrogens (primary N) is 1. The Morgan fingerprint density at radius 2 is 2.19 bits per heavy atom. The highest BCUT2D eigenvalue weighted by molar-refractivity contribution is 5.75. The molecule has 0 aliphatic carbocycles. The monoisotopic (exact) mass is 234 g/mol. The van der Waals surface area contributed by atoms with E-state index in [2.05, 4.69) is 5.32 Å². The number of amides is 2. The van der Waals surface area contributed by atoms with Crippen LogP contribution in [0.25, 0.3) is 0 Å². The van der Waals surface area contributed by atoms with Crippen molar-refractivity contribution in [2.24, 2.45) is 5.73 Å². The van der Waals surface area contributed by atoms with Gasteiger partial charge in [-0.15, -0.1) is 0 Å². The molecule has 2 heterocycles. The van der Waals surface area contributed by atoms with Gasteiger partial charge in [-0.1, -0.05) is 0 Å². The van der Waals surface area contributed by atoms with Gasteiger partial charge in [-0.05, 0) is 13.3 Å². The van der Waals surface area contributed by atoms with E-state index in [1.807, 2.05) is 0 Å². The Morgan fingerprint density at radius 1 is 1.50 bits per heavy atom. The fourth-order valence-corrected chi connectivity index (χ4v) is 1.97. The van der Waals surface area contributed by atoms with Crippen LogP contribution in [0.2, 0.25) is 0 Å². The van der Waals surface area contributed by atoms with E-state index in [0.717, 1.165) is 4.90 Å². The number of nitrogens with zero attached hydrogens (tertiary/aromatic N) is 1. The second-order valence-corrected chi connectivity index (χ2v) is 4.16. The van der Waals surface area contributed by atoms with Crippen LogP contribution in [0.5, 0.6) is 0 Å². The molecule has 2 fully saturated rings. The van der Waals surface area contributed by atoms with Crippen molar-refractivity contribution in [3.63, 3.8) is 0 Å². The third kappa shape index (κ3) is 1.84. The normalized spacial score (nSPS) is 44.6. The number of carbonyl (C=O) groups is 1. The number of alkyl halides is 2. The molecule has 0 radical (unpaired) electrons. The van der Waals surface area contributed by atoms with Crippen LogP contribution in [0.4, 0.5) is 13.6 Å². The number of rotatable bonds is 1. The first-order valence-corrected chi connectivity index (χ1v) is 5.27. The van der Waals surface area contributed by atoms with Crippen LogP contribution in [-0.2, 0) is 4.74 Å². The highest BCUT2D eigenvalue weighted by Gasteiger charge is 2.48. The van der Waals surface area contributed by atoms with Crippen LogP contribution in [0.15, 0.2) is 0 Å². The Labute approximate surface area is 91.9 Å². The Morgan fingerprint density at radius 3 is 2.69 bits per heavy atom. The summed E-state index contributed by atoms with van der Waals surface area (Å²) in [6, 6.07) is -0.507. The van der Waals surface area contributed by atoms with Crippen molar-refractivity contribution >= 4 is 6.03 Å². The number of halogens is 2. The molecule has 2 aliphatic heterocycles. The largest absolute Gasteiger partial charge is 0.349 e. The molecule has 92 valence electrons. The minimum Gasteiger partial charge on any atom is -0.349 e. The summed E-state index contributed by atoms with van der Waals surface area (Å²) in [7, 11) is 0. The molecule has 5 nitrogen and oxygen atoms in total. The van der Waals surface area contributed by atoms with Crippen molar-refractivity contribution in [1.29, 1.82) is 0 Å². The smallest absolute Gasteiger partial charge is 0.320 e. The minimum atomic E-state index is -1.80. The van der Waals surface area contributed by atoms with Gasteiger partial charge >= 0.3 is 6.03 Å². The third-order valence-corrected chi connectivity index (χ3v) is 2.94. The van der Waals surface area contributed by atoms with Crippen LogP contribution in [0.3, 0.4) is 0 Å². The molecule has 3 N–H and O–H groups in total. The molecule has 0 spiro atoms. The predicted molar refractivity (Wildman–Crippen MR) is 52.0 cm³/mol. The first-order valence-electron chi connectivity index (χ1n) is 5.27. The van der Waals surface area contributed by atoms with Gasteiger partial charge in [0.2, 0.25) is 0 Å². The standard InChI is InChI=1S/C9H15F2N3O2/c1-4-6(10)7(11)8(16-4)14-3-2-5(12)13-9(14)15/h4-8H,2-3,12H2,1H3,(H,13,15)/t4-,5-,6+,7-,8?/m1/s1/i10-1. The van der Waals surface area contributed by atoms with Crippen molar-refractivity contribution in [2.75, 3.05) is 6.54 Å². The molecule has 0 saturated carbocycles. The minimum absolute atomic E-state index is 0.275. The van der Waals surface area contributed by atoms with Gasteiger partial charge in [0.25, 0.3) is 0 Å². The molecule has 16 heavy (non-hydrogen) atoms. The van der Waals surface area contributed by atoms with Crippen molar-refractivity contribution in [3.8, 4) is 0 Å². The summed E-state index contributed by atoms with van der Waals surface area (Å²) in [5, 5.41) is 2.45. The van der Waals surface area contributed by atoms with E-state index in [1.54, 1.807) is 0 Å². The Bertz CT molecular complexity index is 292. The summed E-state index contributed by atoms with van der Waals surface area (Å²) in [6.45, 7) is 1.72. The quantitative estimate of drug-likeness (QED) is 0.676. The first kappa shape index (κ1) is 11.5. The fraction of sp³-hybridized carbons (Fsp3) is 0.889. The van der Waals surface area contributed by atoms with E-state index in [-0.39, 0.29) is 6.54 Å². The Kier molecular flexibility index (Phi) is 2.98. The summed E-state index contributed by atoms with van der Waals surface area (Å²) in [4.78, 5) is 12.7. The van der Waals surface area contributed by atoms with Crippen LogP contribution in [0, 0.1) is 0 Å². The lowest BCUT2D eigenvalue weighted by atomic mass is 10.1. The van der Waals surface area contributed by atoms with Gasteiger partial charge in [0.15, 0.2) is 18.6 Å². The summed E-state index contributed by atoms with van der Waals surface area (Å²) in [5.74, 6) is 0. The lowest BCUT2D eigenvalue weighted by Crippen LogP contribution is -2.59. The third-order valence-electron chi connectivity index (χ3n) is 2.94. The summed E-state index contributed by atoms with van der Waals surface area (Å²) in [5.41, 5.74) is 5.51. The van der Waals surface area contributed by atoms with E-state index < -0.39 is 36.9 Å². The van der Waals surface area contributed by atoms with Gasteiger partial charge < -0.3 is 15.8 Å². The van der Waals surface area contributed by atoms with Gasteiger partial charge in [0.1, 0.15) is 0 Å². The number of carbonyl (C=O) groups excluding carboxylic acids is 1. The lowest BCUT2D eigenvalue weighted by molar-refractivity contribution is -0.0547. The van der Waals surface area contributed by atoms with Crippen molar-refractivity contribution < 1.29 is 18.3 Å². The number of urea groups is 1. The summed E-state index contributed by atoms with van der Waals surface area (Å²) in [6.07, 6.45) is -5.39. The van der Waals surface area contributed by atoms with Crippen LogP contribution < -0.4 is 11.1 Å². The Hall–Kier alpha value is -0.950. The molecule has 2 saturated heterocycles. The number of ether oxygens (including phenoxy) is 1. The number of hydrogen-bond acceptors (Lipinski definition) is 3. The van der Waals surface area contributed by atoms with Crippen LogP contribution in [-0.4, -0.2) is 48.3 Å². The number of nitrogens with one attached hydrogen (secondary N) is 1. The van der Waals surface area contributed by atoms with Gasteiger partial charge in [0.05, 0.1) is 12.3 Å². The van der Waals surface area contributed by atoms with Crippen molar-refractivity contribution in [1.82, 2.24) is 10.2 Å². The van der Waals surface area contributed by atoms with E-state index in [0.29, 0.717) is 6.42 Å². The van der Waals surface area contributed by atoms with Crippen molar-refractivity contribution in [3.05, 3.63) is 0 Å². The molecule has 0 aromatic rings. The molecule has 7 heteroatoms. The maximum absolute atomic E-state index is 13.5. The van der Waals surface area contributed by atoms with E-state index in [1.165, 1.54) is 6.92 Å². The van der Waals surface area contributed by atoms with E-state index in [9.17, 15) is 13.6 Å². The average Bonchev–Trinajstić information content (AvgIpc) is 2.46. The molecule has 2 aliphatic rings. The highest BCUT2D eigenvalue weighted by Crippen LogP contribution is 2.29. The highest BCUT2D eigenvalue weighted by atomic mass is 19.1. The molecular weight excluding hydrogens is 219 g/mol. The van der Waals surface area contributed by atoms with Gasteiger partial charge in [-0.3, -0.25) is 4.90 Å². The molecule has 0 bridgehead atoms. The molecule has 1 unspecified atom stereocenters. The molecule has 2 rings (SSSR count). The maximum atomic E-state index is 13.5. The number of hydrogen-bond donors (Lipinski definition) is 2. The second kappa shape index (κ2) is 4.14. The van der Waals surface area contributed by atoms with Crippen molar-refractivity contribution in [2.45, 2.75) is 44.2 Å². The zero-order valence-corrected chi connectivity index (χ0v) is 8.90. The molecule has 5 atom stereocenters. The molecule has 0 aromatic carbocycles. The van der Waals surface area contributed by atoms with Gasteiger partial charge in [-0.2, -0.15) is 0 Å². The summed E-state index contributed by atoms with van der Waals surface area (Å²) < 4.78 is 31.9. The Balaban J connectivity index is 2.05. The zero-order valence-electron chi connectivity index (χ0n) is 8.90. The summed E-state index contributed by atoms with van der Waals surface area (Å²) >= 11 is 0. The maximum Gasteiger partial charge on any atom is 0.320 e. The average molecular weight is 234 g/mol. The predicted octanol–water partition coefficient (Wildman–Crippen LogP) is 0.108. The topological polar surface area (TPSA) is 67.6 Å². The van der Waals surface area contributed by atoms with Gasteiger partial charge in [0, 0.05) is 6.54 Å². The molecule has 2 amide bonds. The zero-order chi connectivity index (χ0) is 11.9. The SMILES string of the molecule is C[C@H]1OC(N2CC[C@H](N)NC2=O)[C@H](F)[C@H]1[18F]. The fourth-order valence-electron chi connectivity index (χ4n) is 1.97. The van der Waals surface area contributed by atoms with Crippen LogP contribution in [0.1, 0.15) is 13.3 Å². The van der Waals surface area contributed by atoms with E-state index >= 15 is 0 Å².